The van der Waals surface area contributed by atoms with Gasteiger partial charge in [0, 0.05) is 0 Å². The van der Waals surface area contributed by atoms with Crippen LogP contribution in [0.4, 0.5) is 0 Å². The van der Waals surface area contributed by atoms with E-state index in [1.54, 1.807) is 0 Å². The third-order valence-electron chi connectivity index (χ3n) is 0. The van der Waals surface area contributed by atoms with Crippen molar-refractivity contribution in [1.29, 1.82) is 0 Å². The Morgan fingerprint density at radius 1 is 1.17 bits per heavy atom. The summed E-state index contributed by atoms with van der Waals surface area (Å²) in [6.45, 7) is 0. The van der Waals surface area contributed by atoms with E-state index in [-0.39, 0.29) is 77.4 Å². The summed E-state index contributed by atoms with van der Waals surface area (Å²) in [6, 6.07) is 0. The van der Waals surface area contributed by atoms with Crippen molar-refractivity contribution in [3.05, 3.63) is 0 Å². The molecule has 0 aliphatic rings. The first-order valence-corrected chi connectivity index (χ1v) is 0.866. The summed E-state index contributed by atoms with van der Waals surface area (Å²) >= 11 is 0.611. The molecule has 0 fully saturated rings. The van der Waals surface area contributed by atoms with Crippen molar-refractivity contribution in [2.75, 3.05) is 0 Å². The second-order valence-electron chi connectivity index (χ2n) is 0. The van der Waals surface area contributed by atoms with Crippen LogP contribution in [0, 0.1) is 0 Å². The Kier molecular flexibility index (Phi) is 376. The van der Waals surface area contributed by atoms with Gasteiger partial charge in [-0.15, -0.1) is 0 Å². The van der Waals surface area contributed by atoms with Crippen LogP contribution in [-0.2, 0) is 3.80 Å². The topological polar surface area (TPSA) is 80.1 Å². The molecule has 6 heavy (non-hydrogen) atoms. The van der Waals surface area contributed by atoms with E-state index in [0.29, 0.717) is 16.2 Å². The molecule has 0 rings (SSSR count). The third-order valence-corrected chi connectivity index (χ3v) is 0. The first kappa shape index (κ1) is 40.8. The molecule has 0 atom stereocenters. The van der Waals surface area contributed by atoms with Gasteiger partial charge >= 0.3 is 80.8 Å². The van der Waals surface area contributed by atoms with Crippen molar-refractivity contribution in [1.82, 2.24) is 0 Å². The van der Waals surface area contributed by atoms with Gasteiger partial charge in [0.25, 0.3) is 0 Å². The molecule has 0 spiro atoms. The van der Waals surface area contributed by atoms with Gasteiger partial charge in [0.2, 0.25) is 0 Å². The molecule has 0 amide bonds. The summed E-state index contributed by atoms with van der Waals surface area (Å²) < 4.78 is 8.28. The number of hydrogen-bond acceptors (Lipinski definition) is 1. The van der Waals surface area contributed by atoms with Gasteiger partial charge in [-0.2, -0.15) is 0 Å². The van der Waals surface area contributed by atoms with Gasteiger partial charge < -0.3 is 16.7 Å². The van der Waals surface area contributed by atoms with E-state index in [4.69, 9.17) is 3.80 Å². The van der Waals surface area contributed by atoms with E-state index < -0.39 is 0 Å². The Labute approximate surface area is 96.2 Å². The Bertz CT molecular complexity index is 20.5. The molecule has 0 aliphatic carbocycles. The maximum absolute atomic E-state index is 8.28. The predicted octanol–water partition coefficient (Wildman–Crippen LogP) is -2.73. The van der Waals surface area contributed by atoms with Crippen LogP contribution in [0.25, 0.3) is 0 Å². The predicted molar refractivity (Wildman–Crippen MR) is 31.0 cm³/mol. The molecule has 34 valence electrons. The zero-order valence-electron chi connectivity index (χ0n) is 7.53. The van der Waals surface area contributed by atoms with Crippen molar-refractivity contribution in [2.24, 2.45) is 0 Å². The molecule has 0 aromatic carbocycles. The van der Waals surface area contributed by atoms with Gasteiger partial charge in [0.15, 0.2) is 0 Å². The van der Waals surface area contributed by atoms with Crippen molar-refractivity contribution in [3.63, 3.8) is 0 Å². The van der Waals surface area contributed by atoms with Gasteiger partial charge in [0.05, 0.1) is 0 Å². The molecule has 6 heteroatoms. The van der Waals surface area contributed by atoms with Gasteiger partial charge in [0.1, 0.15) is 0 Å². The van der Waals surface area contributed by atoms with E-state index in [1.807, 2.05) is 0 Å². The summed E-state index contributed by atoms with van der Waals surface area (Å²) in [4.78, 5) is 0. The average molecular weight is 148 g/mol. The van der Waals surface area contributed by atoms with Crippen LogP contribution < -0.4 is 0 Å². The maximum atomic E-state index is 8.28. The molecule has 0 heterocycles. The van der Waals surface area contributed by atoms with E-state index in [1.165, 1.54) is 0 Å². The molecule has 0 bridgehead atoms. The Hall–Kier alpha value is 2.28. The molecule has 0 unspecified atom stereocenters. The molecule has 4 N–H and O–H groups in total. The van der Waals surface area contributed by atoms with Crippen LogP contribution in [0.1, 0.15) is 5.71 Å². The summed E-state index contributed by atoms with van der Waals surface area (Å²) in [5, 5.41) is 0. The fourth-order valence-corrected chi connectivity index (χ4v) is 0. The molecule has 0 aromatic heterocycles. The first-order valence-electron chi connectivity index (χ1n) is 0.289. The van der Waals surface area contributed by atoms with Crippen LogP contribution in [-0.4, -0.2) is 88.0 Å². The molecular weight excluding hydrogens is 139 g/mol. The van der Waals surface area contributed by atoms with Gasteiger partial charge in [-0.1, -0.05) is 0 Å². The fourth-order valence-electron chi connectivity index (χ4n) is 0. The average Bonchev–Trinajstić information content (AvgIpc) is 1.00. The van der Waals surface area contributed by atoms with Crippen molar-refractivity contribution < 1.29 is 20.5 Å². The van der Waals surface area contributed by atoms with Crippen LogP contribution in [0.3, 0.4) is 0 Å². The van der Waals surface area contributed by atoms with E-state index in [0.717, 1.165) is 0 Å². The van der Waals surface area contributed by atoms with Gasteiger partial charge in [-0.05, 0) is 0 Å². The van der Waals surface area contributed by atoms with Gasteiger partial charge in [-0.25, -0.2) is 0 Å². The third kappa shape index (κ3) is 33.7. The summed E-state index contributed by atoms with van der Waals surface area (Å²) in [5.41, 5.74) is 0. The fraction of sp³-hybridized carbons (Fsp3) is 0. The molecule has 0 aliphatic heterocycles. The second kappa shape index (κ2) is 55.3. The van der Waals surface area contributed by atoms with Crippen LogP contribution in [0.15, 0.2) is 0 Å². The standard InChI is InChI=1S/Al.Ca.Mg.2H2O.O.5H/h;;;2*1H2;;;;;;/q;2*+2;;;;;4*-1. The van der Waals surface area contributed by atoms with Crippen molar-refractivity contribution in [2.45, 2.75) is 0 Å². The molecular formula is H9AlCaMgO3. The zero-order valence-corrected chi connectivity index (χ0v) is 8.57. The van der Waals surface area contributed by atoms with Crippen LogP contribution >= 0.6 is 0 Å². The molecule has 3 nitrogen and oxygen atoms in total. The summed E-state index contributed by atoms with van der Waals surface area (Å²) in [6.07, 6.45) is 0. The minimum absolute atomic E-state index is 0. The Morgan fingerprint density at radius 3 is 1.17 bits per heavy atom. The quantitative estimate of drug-likeness (QED) is 0.344. The first-order chi connectivity index (χ1) is 1.00. The second-order valence-corrected chi connectivity index (χ2v) is 0. The monoisotopic (exact) mass is 148 g/mol. The van der Waals surface area contributed by atoms with Crippen molar-refractivity contribution >= 4 is 77.0 Å². The number of hydrogen-bond donors (Lipinski definition) is 0. The van der Waals surface area contributed by atoms with Crippen LogP contribution in [0.2, 0.25) is 0 Å². The molecule has 0 saturated heterocycles. The Balaban J connectivity index is -0.000000000179. The summed E-state index contributed by atoms with van der Waals surface area (Å²) in [7, 11) is 0. The van der Waals surface area contributed by atoms with Crippen LogP contribution in [0.5, 0.6) is 0 Å². The van der Waals surface area contributed by atoms with Crippen molar-refractivity contribution in [3.8, 4) is 0 Å². The van der Waals surface area contributed by atoms with Gasteiger partial charge in [-0.3, -0.25) is 0 Å². The van der Waals surface area contributed by atoms with E-state index >= 15 is 0 Å². The SMILES string of the molecule is O.O.[Ca+2].[H-].[H-].[H-].[H-].[Mg+2].[O]=[AlH]. The van der Waals surface area contributed by atoms with E-state index in [9.17, 15) is 0 Å². The Morgan fingerprint density at radius 2 is 1.17 bits per heavy atom. The van der Waals surface area contributed by atoms with E-state index in [2.05, 4.69) is 0 Å². The molecule has 0 saturated carbocycles. The number of rotatable bonds is 0. The normalized spacial score (nSPS) is 0.500. The summed E-state index contributed by atoms with van der Waals surface area (Å²) in [5.74, 6) is 0. The molecule has 0 aromatic rings. The minimum atomic E-state index is 0. The molecule has 0 radical (unpaired) electrons. The zero-order chi connectivity index (χ0) is 2.00.